The lowest BCUT2D eigenvalue weighted by atomic mass is 10.4. The summed E-state index contributed by atoms with van der Waals surface area (Å²) < 4.78 is 0. The van der Waals surface area contributed by atoms with Gasteiger partial charge in [-0.25, -0.2) is 0 Å². The maximum absolute atomic E-state index is 5.82. The predicted molar refractivity (Wildman–Crippen MR) is 59.7 cm³/mol. The minimum absolute atomic E-state index is 0.311. The van der Waals surface area contributed by atoms with Crippen molar-refractivity contribution in [1.82, 2.24) is 5.06 Å². The summed E-state index contributed by atoms with van der Waals surface area (Å²) >= 11 is 5.52. The Morgan fingerprint density at radius 2 is 2.14 bits per heavy atom. The third-order valence-corrected chi connectivity index (χ3v) is 1.49. The summed E-state index contributed by atoms with van der Waals surface area (Å²) in [6.07, 6.45) is 1.37. The molecule has 5 heteroatoms. The molecule has 0 amide bonds. The van der Waals surface area contributed by atoms with Crippen molar-refractivity contribution in [3.8, 4) is 0 Å². The van der Waals surface area contributed by atoms with Crippen molar-refractivity contribution in [2.75, 3.05) is 7.05 Å². The van der Waals surface area contributed by atoms with E-state index in [1.807, 2.05) is 0 Å². The highest BCUT2D eigenvalue weighted by Crippen LogP contribution is 2.10. The number of hydrogen-bond acceptors (Lipinski definition) is 4. The Morgan fingerprint density at radius 1 is 1.64 bits per heavy atom. The smallest absolute Gasteiger partial charge is 0.192 e. The molecule has 14 heavy (non-hydrogen) atoms. The highest BCUT2D eigenvalue weighted by atomic mass is 35.5. The molecule has 0 radical (unpaired) electrons. The topological polar surface area (TPSA) is 50.8 Å². The number of aliphatic imine (C=N–C) groups is 1. The summed E-state index contributed by atoms with van der Waals surface area (Å²) in [5.41, 5.74) is 5.82. The maximum Gasteiger partial charge on any atom is 0.192 e. The molecule has 0 fully saturated rings. The summed E-state index contributed by atoms with van der Waals surface area (Å²) in [6, 6.07) is 0. The molecule has 0 aliphatic heterocycles. The lowest BCUT2D eigenvalue weighted by Gasteiger charge is -2.30. The summed E-state index contributed by atoms with van der Waals surface area (Å²) in [4.78, 5) is 9.16. The van der Waals surface area contributed by atoms with Gasteiger partial charge in [-0.1, -0.05) is 24.8 Å². The molecule has 2 N–H and O–H groups in total. The molecule has 4 nitrogen and oxygen atoms in total. The largest absolute Gasteiger partial charge is 0.408 e. The van der Waals surface area contributed by atoms with Crippen molar-refractivity contribution < 1.29 is 4.84 Å². The van der Waals surface area contributed by atoms with Gasteiger partial charge in [0.25, 0.3) is 0 Å². The highest BCUT2D eigenvalue weighted by Gasteiger charge is 2.24. The van der Waals surface area contributed by atoms with Crippen molar-refractivity contribution in [1.29, 1.82) is 0 Å². The molecular formula is C9H16ClN3O. The molecule has 0 saturated carbocycles. The van der Waals surface area contributed by atoms with Gasteiger partial charge in [0, 0.05) is 13.3 Å². The molecule has 0 aromatic rings. The average Bonchev–Trinajstić information content (AvgIpc) is 1.99. The van der Waals surface area contributed by atoms with E-state index in [0.29, 0.717) is 10.8 Å². The SMILES string of the molecule is C=C(Cl)C=NC(C)(N)N(C)OC(=C)C. The van der Waals surface area contributed by atoms with Crippen LogP contribution in [-0.2, 0) is 4.84 Å². The van der Waals surface area contributed by atoms with E-state index in [9.17, 15) is 0 Å². The fourth-order valence-electron chi connectivity index (χ4n) is 0.608. The predicted octanol–water partition coefficient (Wildman–Crippen LogP) is 1.84. The standard InChI is InChI=1S/C9H16ClN3O/c1-7(2)14-13(5)9(4,11)12-6-8(3)10/h6H,1,3,11H2,2,4-5H3. The van der Waals surface area contributed by atoms with Crippen molar-refractivity contribution in [3.63, 3.8) is 0 Å². The minimum atomic E-state index is -1.00. The first-order valence-electron chi connectivity index (χ1n) is 4.01. The van der Waals surface area contributed by atoms with Gasteiger partial charge in [0.1, 0.15) is 5.76 Å². The van der Waals surface area contributed by atoms with Gasteiger partial charge in [-0.2, -0.15) is 0 Å². The van der Waals surface area contributed by atoms with Crippen LogP contribution in [0.15, 0.2) is 28.9 Å². The molecule has 0 rings (SSSR count). The first-order chi connectivity index (χ1) is 6.25. The molecule has 0 aliphatic carbocycles. The normalized spacial score (nSPS) is 15.6. The number of hydroxylamine groups is 2. The summed E-state index contributed by atoms with van der Waals surface area (Å²) in [6.45, 7) is 10.4. The van der Waals surface area contributed by atoms with Crippen LogP contribution in [-0.4, -0.2) is 24.1 Å². The molecule has 0 saturated heterocycles. The molecule has 0 heterocycles. The van der Waals surface area contributed by atoms with Crippen molar-refractivity contribution >= 4 is 17.8 Å². The van der Waals surface area contributed by atoms with Gasteiger partial charge >= 0.3 is 0 Å². The second-order valence-corrected chi connectivity index (χ2v) is 3.58. The van der Waals surface area contributed by atoms with E-state index in [2.05, 4.69) is 18.2 Å². The fraction of sp³-hybridized carbons (Fsp3) is 0.444. The van der Waals surface area contributed by atoms with Gasteiger partial charge in [0.15, 0.2) is 5.79 Å². The molecule has 0 aromatic heterocycles. The van der Waals surface area contributed by atoms with Crippen LogP contribution < -0.4 is 5.73 Å². The summed E-state index contributed by atoms with van der Waals surface area (Å²) in [5, 5.41) is 1.69. The monoisotopic (exact) mass is 217 g/mol. The van der Waals surface area contributed by atoms with Crippen LogP contribution in [0.25, 0.3) is 0 Å². The lowest BCUT2D eigenvalue weighted by molar-refractivity contribution is -0.162. The Hall–Kier alpha value is -0.840. The van der Waals surface area contributed by atoms with Crippen molar-refractivity contribution in [2.24, 2.45) is 10.7 Å². The van der Waals surface area contributed by atoms with Crippen LogP contribution in [0, 0.1) is 0 Å². The lowest BCUT2D eigenvalue weighted by Crippen LogP contribution is -2.49. The number of nitrogens with two attached hydrogens (primary N) is 1. The maximum atomic E-state index is 5.82. The van der Waals surface area contributed by atoms with Crippen LogP contribution in [0.4, 0.5) is 0 Å². The molecule has 0 bridgehead atoms. The number of allylic oxidation sites excluding steroid dienone is 2. The van der Waals surface area contributed by atoms with Gasteiger partial charge in [0.05, 0.1) is 5.03 Å². The number of halogens is 1. The summed E-state index contributed by atoms with van der Waals surface area (Å²) in [7, 11) is 1.66. The summed E-state index contributed by atoms with van der Waals surface area (Å²) in [5.74, 6) is -0.472. The zero-order chi connectivity index (χ0) is 11.4. The van der Waals surface area contributed by atoms with Gasteiger partial charge in [-0.05, 0) is 13.8 Å². The van der Waals surface area contributed by atoms with Crippen molar-refractivity contribution in [3.05, 3.63) is 23.9 Å². The third kappa shape index (κ3) is 5.01. The third-order valence-electron chi connectivity index (χ3n) is 1.40. The van der Waals surface area contributed by atoms with Crippen LogP contribution in [0.2, 0.25) is 0 Å². The van der Waals surface area contributed by atoms with E-state index in [1.165, 1.54) is 11.3 Å². The Morgan fingerprint density at radius 3 is 2.50 bits per heavy atom. The fourth-order valence-corrected chi connectivity index (χ4v) is 0.657. The highest BCUT2D eigenvalue weighted by molar-refractivity contribution is 6.38. The second kappa shape index (κ2) is 5.14. The Balaban J connectivity index is 4.44. The van der Waals surface area contributed by atoms with E-state index < -0.39 is 5.79 Å². The molecule has 0 aliphatic rings. The Bertz CT molecular complexity index is 261. The molecule has 1 unspecified atom stereocenters. The second-order valence-electron chi connectivity index (χ2n) is 3.09. The number of nitrogens with zero attached hydrogens (tertiary/aromatic N) is 2. The van der Waals surface area contributed by atoms with E-state index in [4.69, 9.17) is 22.2 Å². The zero-order valence-electron chi connectivity index (χ0n) is 8.75. The van der Waals surface area contributed by atoms with Gasteiger partial charge in [-0.3, -0.25) is 10.7 Å². The van der Waals surface area contributed by atoms with E-state index in [1.54, 1.807) is 20.9 Å². The molecule has 0 aromatic carbocycles. The minimum Gasteiger partial charge on any atom is -0.408 e. The number of rotatable bonds is 5. The molecular weight excluding hydrogens is 202 g/mol. The van der Waals surface area contributed by atoms with Crippen LogP contribution in [0.3, 0.4) is 0 Å². The van der Waals surface area contributed by atoms with Crippen LogP contribution >= 0.6 is 11.6 Å². The molecule has 0 spiro atoms. The van der Waals surface area contributed by atoms with Crippen LogP contribution in [0.1, 0.15) is 13.8 Å². The van der Waals surface area contributed by atoms with Crippen molar-refractivity contribution in [2.45, 2.75) is 19.6 Å². The number of hydrogen-bond donors (Lipinski definition) is 1. The van der Waals surface area contributed by atoms with E-state index in [-0.39, 0.29) is 0 Å². The van der Waals surface area contributed by atoms with Gasteiger partial charge in [-0.15, -0.1) is 5.06 Å². The van der Waals surface area contributed by atoms with Gasteiger partial charge in [0.2, 0.25) is 0 Å². The molecule has 80 valence electrons. The first kappa shape index (κ1) is 13.2. The molecule has 1 atom stereocenters. The van der Waals surface area contributed by atoms with E-state index >= 15 is 0 Å². The Kier molecular flexibility index (Phi) is 4.83. The quantitative estimate of drug-likeness (QED) is 0.331. The Labute approximate surface area is 89.6 Å². The average molecular weight is 218 g/mol. The van der Waals surface area contributed by atoms with Crippen LogP contribution in [0.5, 0.6) is 0 Å². The zero-order valence-corrected chi connectivity index (χ0v) is 9.51. The van der Waals surface area contributed by atoms with E-state index in [0.717, 1.165) is 0 Å². The first-order valence-corrected chi connectivity index (χ1v) is 4.39. The van der Waals surface area contributed by atoms with Gasteiger partial charge < -0.3 is 4.84 Å².